The number of hydrogen-bond acceptors (Lipinski definition) is 5. The lowest BCUT2D eigenvalue weighted by Crippen LogP contribution is -2.31. The zero-order valence-electron chi connectivity index (χ0n) is 14.8. The molecule has 6 nitrogen and oxygen atoms in total. The predicted octanol–water partition coefficient (Wildman–Crippen LogP) is 3.22. The Morgan fingerprint density at radius 1 is 1.07 bits per heavy atom. The highest BCUT2D eigenvalue weighted by Crippen LogP contribution is 2.22. The molecule has 1 N–H and O–H groups in total. The number of carboxylic acids is 1. The Kier molecular flexibility index (Phi) is 7.65. The lowest BCUT2D eigenvalue weighted by Gasteiger charge is -2.14. The van der Waals surface area contributed by atoms with Crippen LogP contribution in [0.1, 0.15) is 12.0 Å². The van der Waals surface area contributed by atoms with Crippen molar-refractivity contribution in [1.29, 1.82) is 0 Å². The highest BCUT2D eigenvalue weighted by molar-refractivity contribution is 7.92. The fourth-order valence-electron chi connectivity index (χ4n) is 2.47. The molecule has 0 saturated carbocycles. The molecule has 0 aliphatic carbocycles. The topological polar surface area (TPSA) is 89.9 Å². The summed E-state index contributed by atoms with van der Waals surface area (Å²) in [5, 5.41) is 8.44. The van der Waals surface area contributed by atoms with Crippen molar-refractivity contribution in [1.82, 2.24) is 0 Å². The predicted molar refractivity (Wildman–Crippen MR) is 102 cm³/mol. The van der Waals surface area contributed by atoms with Crippen LogP contribution in [0.2, 0.25) is 5.02 Å². The lowest BCUT2D eigenvalue weighted by atomic mass is 10.2. The molecule has 0 amide bonds. The standard InChI is InChI=1S/C19H21ClO6S/c1-25-16-6-8-17(9-7-16)27(23,24)18(19(21)22)11-13-26-12-10-14-2-4-15(20)5-3-14/h2-9,18H,10-13H2,1H3,(H,21,22). The molecule has 0 aliphatic heterocycles. The van der Waals surface area contributed by atoms with E-state index in [0.717, 1.165) is 5.56 Å². The first kappa shape index (κ1) is 21.2. The van der Waals surface area contributed by atoms with Gasteiger partial charge in [0, 0.05) is 11.6 Å². The molecule has 0 spiro atoms. The Hall–Kier alpha value is -2.09. The number of carboxylic acid groups (broad SMARTS) is 1. The molecule has 8 heteroatoms. The molecule has 27 heavy (non-hydrogen) atoms. The molecular weight excluding hydrogens is 392 g/mol. The molecule has 0 aliphatic rings. The van der Waals surface area contributed by atoms with Crippen LogP contribution in [0.4, 0.5) is 0 Å². The second-order valence-electron chi connectivity index (χ2n) is 5.82. The lowest BCUT2D eigenvalue weighted by molar-refractivity contribution is -0.136. The number of carbonyl (C=O) groups is 1. The smallest absolute Gasteiger partial charge is 0.322 e. The molecule has 0 fully saturated rings. The van der Waals surface area contributed by atoms with Crippen LogP contribution >= 0.6 is 11.6 Å². The van der Waals surface area contributed by atoms with E-state index in [-0.39, 0.29) is 17.9 Å². The van der Waals surface area contributed by atoms with Crippen LogP contribution < -0.4 is 4.74 Å². The Balaban J connectivity index is 1.92. The molecule has 2 aromatic carbocycles. The van der Waals surface area contributed by atoms with E-state index in [2.05, 4.69) is 0 Å². The molecule has 0 heterocycles. The first-order valence-electron chi connectivity index (χ1n) is 8.27. The van der Waals surface area contributed by atoms with E-state index in [1.54, 1.807) is 12.1 Å². The molecule has 2 rings (SSSR count). The number of aliphatic carboxylic acids is 1. The summed E-state index contributed by atoms with van der Waals surface area (Å²) in [7, 11) is -2.56. The van der Waals surface area contributed by atoms with Crippen molar-refractivity contribution < 1.29 is 27.8 Å². The first-order valence-corrected chi connectivity index (χ1v) is 10.2. The highest BCUT2D eigenvalue weighted by Gasteiger charge is 2.33. The van der Waals surface area contributed by atoms with Crippen molar-refractivity contribution >= 4 is 27.4 Å². The van der Waals surface area contributed by atoms with E-state index in [4.69, 9.17) is 21.1 Å². The molecule has 0 bridgehead atoms. The maximum atomic E-state index is 12.6. The van der Waals surface area contributed by atoms with E-state index in [1.165, 1.54) is 31.4 Å². The summed E-state index contributed by atoms with van der Waals surface area (Å²) < 4.78 is 35.6. The van der Waals surface area contributed by atoms with Crippen LogP contribution in [0.5, 0.6) is 5.75 Å². The summed E-state index contributed by atoms with van der Waals surface area (Å²) >= 11 is 5.82. The Bertz CT molecular complexity index is 847. The number of methoxy groups -OCH3 is 1. The van der Waals surface area contributed by atoms with E-state index < -0.39 is 21.1 Å². The minimum atomic E-state index is -4.02. The summed E-state index contributed by atoms with van der Waals surface area (Å²) in [6.07, 6.45) is 0.491. The van der Waals surface area contributed by atoms with Crippen LogP contribution in [-0.2, 0) is 25.8 Å². The number of hydrogen-bond donors (Lipinski definition) is 1. The molecule has 0 saturated heterocycles. The van der Waals surface area contributed by atoms with Gasteiger partial charge in [0.2, 0.25) is 0 Å². The Labute approximate surface area is 163 Å². The van der Waals surface area contributed by atoms with Gasteiger partial charge in [-0.2, -0.15) is 0 Å². The van der Waals surface area contributed by atoms with Crippen LogP contribution in [-0.4, -0.2) is 45.1 Å². The van der Waals surface area contributed by atoms with E-state index in [0.29, 0.717) is 23.8 Å². The monoisotopic (exact) mass is 412 g/mol. The number of rotatable bonds is 10. The summed E-state index contributed by atoms with van der Waals surface area (Å²) in [6, 6.07) is 12.9. The van der Waals surface area contributed by atoms with Gasteiger partial charge in [-0.25, -0.2) is 8.42 Å². The first-order chi connectivity index (χ1) is 12.8. The fraction of sp³-hybridized carbons (Fsp3) is 0.316. The van der Waals surface area contributed by atoms with Gasteiger partial charge in [-0.05, 0) is 54.8 Å². The fourth-order valence-corrected chi connectivity index (χ4v) is 4.12. The molecule has 0 aromatic heterocycles. The van der Waals surface area contributed by atoms with Crippen LogP contribution in [0, 0.1) is 0 Å². The van der Waals surface area contributed by atoms with Crippen LogP contribution in [0.25, 0.3) is 0 Å². The number of halogens is 1. The third-order valence-electron chi connectivity index (χ3n) is 4.01. The average Bonchev–Trinajstić information content (AvgIpc) is 2.65. The molecule has 1 atom stereocenters. The quantitative estimate of drug-likeness (QED) is 0.602. The minimum absolute atomic E-state index is 0.0277. The van der Waals surface area contributed by atoms with Gasteiger partial charge >= 0.3 is 5.97 Å². The van der Waals surface area contributed by atoms with E-state index in [1.807, 2.05) is 12.1 Å². The normalized spacial score (nSPS) is 12.5. The van der Waals surface area contributed by atoms with Gasteiger partial charge < -0.3 is 14.6 Å². The Morgan fingerprint density at radius 3 is 2.26 bits per heavy atom. The molecule has 0 radical (unpaired) electrons. The van der Waals surface area contributed by atoms with Gasteiger partial charge in [0.1, 0.15) is 5.75 Å². The summed E-state index contributed by atoms with van der Waals surface area (Å²) in [6.45, 7) is 0.385. The van der Waals surface area contributed by atoms with Gasteiger partial charge in [-0.1, -0.05) is 23.7 Å². The third kappa shape index (κ3) is 5.95. The highest BCUT2D eigenvalue weighted by atomic mass is 35.5. The number of ether oxygens (including phenoxy) is 2. The van der Waals surface area contributed by atoms with Gasteiger partial charge in [0.15, 0.2) is 15.1 Å². The van der Waals surface area contributed by atoms with Crippen molar-refractivity contribution in [3.05, 3.63) is 59.1 Å². The number of sulfone groups is 1. The summed E-state index contributed by atoms with van der Waals surface area (Å²) in [5.74, 6) is -0.904. The largest absolute Gasteiger partial charge is 0.497 e. The minimum Gasteiger partial charge on any atom is -0.497 e. The SMILES string of the molecule is COc1ccc(S(=O)(=O)C(CCOCCc2ccc(Cl)cc2)C(=O)O)cc1. The van der Waals surface area contributed by atoms with Gasteiger partial charge in [-0.15, -0.1) is 0 Å². The maximum absolute atomic E-state index is 12.6. The van der Waals surface area contributed by atoms with E-state index in [9.17, 15) is 18.3 Å². The summed E-state index contributed by atoms with van der Waals surface area (Å²) in [5.41, 5.74) is 1.03. The van der Waals surface area contributed by atoms with Crippen LogP contribution in [0.3, 0.4) is 0 Å². The average molecular weight is 413 g/mol. The number of benzene rings is 2. The maximum Gasteiger partial charge on any atom is 0.322 e. The van der Waals surface area contributed by atoms with Crippen molar-refractivity contribution in [2.45, 2.75) is 23.0 Å². The second-order valence-corrected chi connectivity index (χ2v) is 8.39. The molecule has 146 valence electrons. The van der Waals surface area contributed by atoms with Crippen molar-refractivity contribution in [2.24, 2.45) is 0 Å². The summed E-state index contributed by atoms with van der Waals surface area (Å²) in [4.78, 5) is 11.4. The van der Waals surface area contributed by atoms with E-state index >= 15 is 0 Å². The van der Waals surface area contributed by atoms with Gasteiger partial charge in [0.05, 0.1) is 18.6 Å². The molecular formula is C19H21ClO6S. The molecule has 1 unspecified atom stereocenters. The Morgan fingerprint density at radius 2 is 1.70 bits per heavy atom. The van der Waals surface area contributed by atoms with Crippen molar-refractivity contribution in [3.63, 3.8) is 0 Å². The van der Waals surface area contributed by atoms with Gasteiger partial charge in [0.25, 0.3) is 0 Å². The van der Waals surface area contributed by atoms with Crippen molar-refractivity contribution in [2.75, 3.05) is 20.3 Å². The zero-order chi connectivity index (χ0) is 19.9. The third-order valence-corrected chi connectivity index (χ3v) is 6.38. The second kappa shape index (κ2) is 9.73. The van der Waals surface area contributed by atoms with Crippen LogP contribution in [0.15, 0.2) is 53.4 Å². The zero-order valence-corrected chi connectivity index (χ0v) is 16.4. The van der Waals surface area contributed by atoms with Crippen molar-refractivity contribution in [3.8, 4) is 5.75 Å². The van der Waals surface area contributed by atoms with Gasteiger partial charge in [-0.3, -0.25) is 4.79 Å². The molecule has 2 aromatic rings.